The fourth-order valence-electron chi connectivity index (χ4n) is 2.70. The Hall–Kier alpha value is -2.69. The molecule has 2 rings (SSSR count). The summed E-state index contributed by atoms with van der Waals surface area (Å²) in [5.41, 5.74) is 2.67. The fraction of sp³-hybridized carbons (Fsp3) is 0.316. The molecule has 5 nitrogen and oxygen atoms in total. The standard InChI is InChI=1S/C19H22N2O3/c1-12(2)14-9-7-10-15(13(3)4)18(14)20-19(22)16-8-5-6-11-17(16)21(23)24/h5-13H,1-4H3,(H,20,22). The van der Waals surface area contributed by atoms with Gasteiger partial charge in [-0.05, 0) is 29.0 Å². The normalized spacial score (nSPS) is 10.9. The molecular weight excluding hydrogens is 304 g/mol. The van der Waals surface area contributed by atoms with E-state index in [1.807, 2.05) is 18.2 Å². The van der Waals surface area contributed by atoms with E-state index < -0.39 is 10.8 Å². The first-order valence-corrected chi connectivity index (χ1v) is 8.00. The zero-order chi connectivity index (χ0) is 17.9. The molecule has 2 aromatic rings. The largest absolute Gasteiger partial charge is 0.321 e. The van der Waals surface area contributed by atoms with Crippen molar-refractivity contribution in [1.82, 2.24) is 0 Å². The van der Waals surface area contributed by atoms with Crippen molar-refractivity contribution in [3.8, 4) is 0 Å². The highest BCUT2D eigenvalue weighted by Crippen LogP contribution is 2.33. The van der Waals surface area contributed by atoms with Crippen LogP contribution in [0.1, 0.15) is 61.0 Å². The summed E-state index contributed by atoms with van der Waals surface area (Å²) in [6.07, 6.45) is 0. The summed E-state index contributed by atoms with van der Waals surface area (Å²) in [6.45, 7) is 8.22. The minimum Gasteiger partial charge on any atom is -0.321 e. The molecule has 1 amide bonds. The summed E-state index contributed by atoms with van der Waals surface area (Å²) < 4.78 is 0. The number of nitro benzene ring substituents is 1. The Kier molecular flexibility index (Phi) is 5.34. The quantitative estimate of drug-likeness (QED) is 0.614. The number of nitro groups is 1. The number of para-hydroxylation sites is 2. The lowest BCUT2D eigenvalue weighted by Crippen LogP contribution is -2.17. The molecular formula is C19H22N2O3. The molecule has 0 aliphatic carbocycles. The number of rotatable bonds is 5. The van der Waals surface area contributed by atoms with Gasteiger partial charge in [0, 0.05) is 11.8 Å². The van der Waals surface area contributed by atoms with Crippen LogP contribution in [0.2, 0.25) is 0 Å². The van der Waals surface area contributed by atoms with Crippen LogP contribution in [0.3, 0.4) is 0 Å². The van der Waals surface area contributed by atoms with Crippen LogP contribution in [-0.2, 0) is 0 Å². The minimum absolute atomic E-state index is 0.0655. The van der Waals surface area contributed by atoms with Gasteiger partial charge in [0.05, 0.1) is 4.92 Å². The molecule has 1 N–H and O–H groups in total. The fourth-order valence-corrected chi connectivity index (χ4v) is 2.70. The second kappa shape index (κ2) is 7.25. The molecule has 5 heteroatoms. The van der Waals surface area contributed by atoms with Crippen molar-refractivity contribution < 1.29 is 9.72 Å². The van der Waals surface area contributed by atoms with E-state index in [0.29, 0.717) is 0 Å². The average Bonchev–Trinajstić information content (AvgIpc) is 2.54. The van der Waals surface area contributed by atoms with Gasteiger partial charge in [-0.15, -0.1) is 0 Å². The first-order valence-electron chi connectivity index (χ1n) is 8.00. The molecule has 2 aromatic carbocycles. The Morgan fingerprint density at radius 1 is 0.958 bits per heavy atom. The molecule has 0 fully saturated rings. The smallest absolute Gasteiger partial charge is 0.282 e. The van der Waals surface area contributed by atoms with Crippen molar-refractivity contribution in [2.45, 2.75) is 39.5 Å². The SMILES string of the molecule is CC(C)c1cccc(C(C)C)c1NC(=O)c1ccccc1[N+](=O)[O-]. The Morgan fingerprint density at radius 3 is 2.00 bits per heavy atom. The molecule has 0 bridgehead atoms. The van der Waals surface area contributed by atoms with Crippen molar-refractivity contribution in [2.75, 3.05) is 5.32 Å². The lowest BCUT2D eigenvalue weighted by atomic mass is 9.92. The van der Waals surface area contributed by atoms with Gasteiger partial charge < -0.3 is 5.32 Å². The van der Waals surface area contributed by atoms with Crippen LogP contribution in [-0.4, -0.2) is 10.8 Å². The number of carbonyl (C=O) groups is 1. The van der Waals surface area contributed by atoms with Crippen LogP contribution < -0.4 is 5.32 Å². The molecule has 0 heterocycles. The molecule has 24 heavy (non-hydrogen) atoms. The van der Waals surface area contributed by atoms with Crippen LogP contribution >= 0.6 is 0 Å². The van der Waals surface area contributed by atoms with E-state index in [4.69, 9.17) is 0 Å². The highest BCUT2D eigenvalue weighted by atomic mass is 16.6. The molecule has 0 aromatic heterocycles. The van der Waals surface area contributed by atoms with Crippen molar-refractivity contribution in [1.29, 1.82) is 0 Å². The number of benzene rings is 2. The Balaban J connectivity index is 2.48. The summed E-state index contributed by atoms with van der Waals surface area (Å²) in [7, 11) is 0. The molecule has 0 spiro atoms. The van der Waals surface area contributed by atoms with Crippen molar-refractivity contribution in [3.63, 3.8) is 0 Å². The monoisotopic (exact) mass is 326 g/mol. The Morgan fingerprint density at radius 2 is 1.50 bits per heavy atom. The topological polar surface area (TPSA) is 72.2 Å². The summed E-state index contributed by atoms with van der Waals surface area (Å²) in [5.74, 6) is -0.00758. The van der Waals surface area contributed by atoms with Crippen LogP contribution in [0.25, 0.3) is 0 Å². The first-order chi connectivity index (χ1) is 11.3. The van der Waals surface area contributed by atoms with Gasteiger partial charge in [-0.1, -0.05) is 58.0 Å². The van der Waals surface area contributed by atoms with E-state index >= 15 is 0 Å². The van der Waals surface area contributed by atoms with Gasteiger partial charge in [0.15, 0.2) is 0 Å². The molecule has 0 saturated carbocycles. The molecule has 0 atom stereocenters. The van der Waals surface area contributed by atoms with Gasteiger partial charge >= 0.3 is 0 Å². The van der Waals surface area contributed by atoms with Gasteiger partial charge in [0.25, 0.3) is 11.6 Å². The van der Waals surface area contributed by atoms with E-state index in [0.717, 1.165) is 16.8 Å². The number of carbonyl (C=O) groups excluding carboxylic acids is 1. The van der Waals surface area contributed by atoms with Crippen LogP contribution in [0.15, 0.2) is 42.5 Å². The number of nitrogens with zero attached hydrogens (tertiary/aromatic N) is 1. The van der Waals surface area contributed by atoms with Crippen molar-refractivity contribution in [3.05, 3.63) is 69.3 Å². The Labute approximate surface area is 141 Å². The van der Waals surface area contributed by atoms with E-state index in [9.17, 15) is 14.9 Å². The zero-order valence-electron chi connectivity index (χ0n) is 14.4. The first kappa shape index (κ1) is 17.7. The number of anilines is 1. The van der Waals surface area contributed by atoms with Gasteiger partial charge in [0.2, 0.25) is 0 Å². The van der Waals surface area contributed by atoms with E-state index in [1.165, 1.54) is 12.1 Å². The van der Waals surface area contributed by atoms with Crippen LogP contribution in [0.5, 0.6) is 0 Å². The summed E-state index contributed by atoms with van der Waals surface area (Å²) in [6, 6.07) is 11.9. The molecule has 0 aliphatic heterocycles. The van der Waals surface area contributed by atoms with Crippen LogP contribution in [0, 0.1) is 10.1 Å². The molecule has 0 unspecified atom stereocenters. The van der Waals surface area contributed by atoms with Crippen molar-refractivity contribution >= 4 is 17.3 Å². The second-order valence-electron chi connectivity index (χ2n) is 6.35. The third kappa shape index (κ3) is 3.62. The second-order valence-corrected chi connectivity index (χ2v) is 6.35. The third-order valence-corrected chi connectivity index (χ3v) is 3.96. The summed E-state index contributed by atoms with van der Waals surface area (Å²) in [5, 5.41) is 14.1. The maximum absolute atomic E-state index is 12.7. The number of hydrogen-bond acceptors (Lipinski definition) is 3. The van der Waals surface area contributed by atoms with Crippen molar-refractivity contribution in [2.24, 2.45) is 0 Å². The van der Waals surface area contributed by atoms with Gasteiger partial charge in [-0.3, -0.25) is 14.9 Å². The maximum atomic E-state index is 12.7. The lowest BCUT2D eigenvalue weighted by Gasteiger charge is -2.20. The van der Waals surface area contributed by atoms with E-state index in [-0.39, 0.29) is 23.1 Å². The zero-order valence-corrected chi connectivity index (χ0v) is 14.4. The predicted octanol–water partition coefficient (Wildman–Crippen LogP) is 5.09. The molecule has 0 radical (unpaired) electrons. The van der Waals surface area contributed by atoms with E-state index in [2.05, 4.69) is 33.0 Å². The van der Waals surface area contributed by atoms with Gasteiger partial charge in [-0.25, -0.2) is 0 Å². The summed E-state index contributed by atoms with van der Waals surface area (Å²) in [4.78, 5) is 23.3. The highest BCUT2D eigenvalue weighted by molar-refractivity contribution is 6.07. The molecule has 126 valence electrons. The van der Waals surface area contributed by atoms with Gasteiger partial charge in [0.1, 0.15) is 5.56 Å². The maximum Gasteiger partial charge on any atom is 0.282 e. The molecule has 0 saturated heterocycles. The predicted molar refractivity (Wildman–Crippen MR) is 95.7 cm³/mol. The van der Waals surface area contributed by atoms with Gasteiger partial charge in [-0.2, -0.15) is 0 Å². The van der Waals surface area contributed by atoms with Crippen LogP contribution in [0.4, 0.5) is 11.4 Å². The number of hydrogen-bond donors (Lipinski definition) is 1. The number of nitrogens with one attached hydrogen (secondary N) is 1. The highest BCUT2D eigenvalue weighted by Gasteiger charge is 2.22. The molecule has 0 aliphatic rings. The third-order valence-electron chi connectivity index (χ3n) is 3.96. The Bertz CT molecular complexity index is 741. The number of amides is 1. The lowest BCUT2D eigenvalue weighted by molar-refractivity contribution is -0.385. The average molecular weight is 326 g/mol. The minimum atomic E-state index is -0.535. The summed E-state index contributed by atoms with van der Waals surface area (Å²) >= 11 is 0. The van der Waals surface area contributed by atoms with E-state index in [1.54, 1.807) is 12.1 Å².